The minimum atomic E-state index is -0.926. The third-order valence-corrected chi connectivity index (χ3v) is 6.87. The van der Waals surface area contributed by atoms with E-state index in [0.717, 1.165) is 0 Å². The molecule has 1 aromatic carbocycles. The topological polar surface area (TPSA) is 109 Å². The van der Waals surface area contributed by atoms with Crippen LogP contribution in [0.5, 0.6) is 5.75 Å². The number of pyridine rings is 1. The molecule has 1 N–H and O–H groups in total. The number of hydrogen-bond acceptors (Lipinski definition) is 7. The first-order chi connectivity index (χ1) is 17.3. The van der Waals surface area contributed by atoms with Crippen LogP contribution in [0.3, 0.4) is 0 Å². The first-order valence-electron chi connectivity index (χ1n) is 11.4. The molecule has 0 aliphatic carbocycles. The fourth-order valence-electron chi connectivity index (χ4n) is 4.64. The van der Waals surface area contributed by atoms with Crippen molar-refractivity contribution in [2.75, 3.05) is 26.8 Å². The van der Waals surface area contributed by atoms with Gasteiger partial charge in [0.1, 0.15) is 11.8 Å². The Morgan fingerprint density at radius 2 is 1.83 bits per heavy atom. The second-order valence-electron chi connectivity index (χ2n) is 8.35. The van der Waals surface area contributed by atoms with Crippen molar-refractivity contribution in [2.24, 2.45) is 0 Å². The number of ether oxygens (including phenoxy) is 2. The smallest absolute Gasteiger partial charge is 0.409 e. The third-order valence-electron chi connectivity index (χ3n) is 6.31. The van der Waals surface area contributed by atoms with E-state index < -0.39 is 29.6 Å². The van der Waals surface area contributed by atoms with Gasteiger partial charge in [-0.25, -0.2) is 4.79 Å². The molecule has 2 fully saturated rings. The summed E-state index contributed by atoms with van der Waals surface area (Å²) in [5.74, 6) is -1.77. The maximum Gasteiger partial charge on any atom is 0.409 e. The largest absolute Gasteiger partial charge is 0.507 e. The fourth-order valence-corrected chi connectivity index (χ4v) is 5.28. The molecule has 1 atom stereocenters. The van der Waals surface area contributed by atoms with Crippen LogP contribution in [-0.4, -0.2) is 70.5 Å². The van der Waals surface area contributed by atoms with Crippen LogP contribution >= 0.6 is 23.2 Å². The van der Waals surface area contributed by atoms with Crippen molar-refractivity contribution in [3.05, 3.63) is 63.4 Å². The molecule has 0 radical (unpaired) electrons. The molecule has 190 valence electrons. The van der Waals surface area contributed by atoms with Gasteiger partial charge in [-0.3, -0.25) is 14.6 Å². The lowest BCUT2D eigenvalue weighted by molar-refractivity contribution is -0.142. The second kappa shape index (κ2) is 10.8. The van der Waals surface area contributed by atoms with Gasteiger partial charge in [0, 0.05) is 30.9 Å². The summed E-state index contributed by atoms with van der Waals surface area (Å²) >= 11 is 12.5. The molecule has 2 aliphatic rings. The van der Waals surface area contributed by atoms with E-state index in [1.165, 1.54) is 24.1 Å². The Kier molecular flexibility index (Phi) is 7.70. The molecule has 0 spiro atoms. The van der Waals surface area contributed by atoms with Crippen molar-refractivity contribution in [3.63, 3.8) is 0 Å². The predicted octanol–water partition coefficient (Wildman–Crippen LogP) is 4.44. The summed E-state index contributed by atoms with van der Waals surface area (Å²) in [6.45, 7) is 2.74. The van der Waals surface area contributed by atoms with Crippen LogP contribution in [0.1, 0.15) is 37.1 Å². The molecular formula is C25H25Cl2N3O6. The lowest BCUT2D eigenvalue weighted by Crippen LogP contribution is -2.48. The number of nitrogens with zero attached hydrogens (tertiary/aromatic N) is 3. The zero-order valence-corrected chi connectivity index (χ0v) is 21.3. The summed E-state index contributed by atoms with van der Waals surface area (Å²) < 4.78 is 10.2. The summed E-state index contributed by atoms with van der Waals surface area (Å²) in [4.78, 5) is 46.1. The highest BCUT2D eigenvalue weighted by Crippen LogP contribution is 2.43. The normalized spacial score (nSPS) is 20.1. The molecule has 0 bridgehead atoms. The molecule has 2 aliphatic heterocycles. The molecule has 2 saturated heterocycles. The first kappa shape index (κ1) is 25.8. The Labute approximate surface area is 218 Å². The predicted molar refractivity (Wildman–Crippen MR) is 133 cm³/mol. The van der Waals surface area contributed by atoms with E-state index >= 15 is 0 Å². The molecule has 11 heteroatoms. The minimum absolute atomic E-state index is 0.108. The van der Waals surface area contributed by atoms with E-state index in [9.17, 15) is 19.5 Å². The van der Waals surface area contributed by atoms with Crippen molar-refractivity contribution in [1.29, 1.82) is 0 Å². The summed E-state index contributed by atoms with van der Waals surface area (Å²) in [6.07, 6.45) is 2.03. The number of benzene rings is 1. The van der Waals surface area contributed by atoms with Crippen LogP contribution in [0.2, 0.25) is 10.0 Å². The molecule has 1 unspecified atom stereocenters. The number of likely N-dealkylation sites (tertiary alicyclic amines) is 2. The molecule has 36 heavy (non-hydrogen) atoms. The summed E-state index contributed by atoms with van der Waals surface area (Å²) in [7, 11) is 1.41. The number of rotatable bonds is 5. The zero-order valence-electron chi connectivity index (χ0n) is 19.7. The van der Waals surface area contributed by atoms with E-state index in [4.69, 9.17) is 32.7 Å². The Morgan fingerprint density at radius 3 is 2.39 bits per heavy atom. The number of Topliss-reactive ketones (excluding diaryl/α,β-unsaturated/α-hetero) is 1. The highest BCUT2D eigenvalue weighted by molar-refractivity contribution is 6.46. The zero-order chi connectivity index (χ0) is 26.0. The number of aliphatic hydroxyl groups is 1. The standard InChI is InChI=1S/C25H25Cl2N3O6/c1-3-36-25(34)29-10-7-15(8-11-29)30-20(18-6-4-5-9-28-18)19(22(32)24(30)33)21(31)14-12-16(26)23(35-2)17(27)13-14/h4-6,9,12-13,15,20,31H,3,7-8,10-11H2,1-2H3/b21-19+. The average Bonchev–Trinajstić information content (AvgIpc) is 3.14. The summed E-state index contributed by atoms with van der Waals surface area (Å²) in [5.41, 5.74) is 0.488. The number of carbonyl (C=O) groups is 3. The maximum atomic E-state index is 13.3. The van der Waals surface area contributed by atoms with Gasteiger partial charge in [-0.05, 0) is 44.0 Å². The van der Waals surface area contributed by atoms with Gasteiger partial charge in [0.25, 0.3) is 11.7 Å². The Bertz CT molecular complexity index is 1190. The van der Waals surface area contributed by atoms with Crippen LogP contribution < -0.4 is 4.74 Å². The quantitative estimate of drug-likeness (QED) is 0.343. The monoisotopic (exact) mass is 533 g/mol. The van der Waals surface area contributed by atoms with Gasteiger partial charge in [-0.2, -0.15) is 0 Å². The molecule has 0 saturated carbocycles. The van der Waals surface area contributed by atoms with E-state index in [1.54, 1.807) is 36.2 Å². The number of carbonyl (C=O) groups excluding carboxylic acids is 3. The number of halogens is 2. The van der Waals surface area contributed by atoms with E-state index in [-0.39, 0.29) is 39.6 Å². The molecule has 3 heterocycles. The first-order valence-corrected chi connectivity index (χ1v) is 12.2. The molecular weight excluding hydrogens is 509 g/mol. The number of aromatic nitrogens is 1. The average molecular weight is 534 g/mol. The van der Waals surface area contributed by atoms with Crippen molar-refractivity contribution in [2.45, 2.75) is 31.8 Å². The number of hydrogen-bond donors (Lipinski definition) is 1. The molecule has 2 aromatic rings. The van der Waals surface area contributed by atoms with E-state index in [0.29, 0.717) is 31.6 Å². The Balaban J connectivity index is 1.75. The highest BCUT2D eigenvalue weighted by atomic mass is 35.5. The van der Waals surface area contributed by atoms with Crippen molar-refractivity contribution in [3.8, 4) is 5.75 Å². The van der Waals surface area contributed by atoms with E-state index in [1.807, 2.05) is 0 Å². The summed E-state index contributed by atoms with van der Waals surface area (Å²) in [5, 5.41) is 11.5. The SMILES string of the molecule is CCOC(=O)N1CCC(N2C(=O)C(=O)/C(=C(/O)c3cc(Cl)c(OC)c(Cl)c3)C2c2ccccn2)CC1. The number of amides is 2. The number of ketones is 1. The van der Waals surface area contributed by atoms with Gasteiger partial charge in [0.05, 0.1) is 35.0 Å². The third kappa shape index (κ3) is 4.73. The van der Waals surface area contributed by atoms with Gasteiger partial charge in [0.15, 0.2) is 5.75 Å². The molecule has 2 amide bonds. The Morgan fingerprint density at radius 1 is 1.17 bits per heavy atom. The second-order valence-corrected chi connectivity index (χ2v) is 9.17. The van der Waals surface area contributed by atoms with E-state index in [2.05, 4.69) is 4.98 Å². The number of aliphatic hydroxyl groups excluding tert-OH is 1. The Hall–Kier alpha value is -3.30. The molecule has 4 rings (SSSR count). The van der Waals surface area contributed by atoms with Gasteiger partial charge >= 0.3 is 6.09 Å². The van der Waals surface area contributed by atoms with Crippen LogP contribution in [0.4, 0.5) is 4.79 Å². The van der Waals surface area contributed by atoms with Gasteiger partial charge < -0.3 is 24.4 Å². The number of methoxy groups -OCH3 is 1. The fraction of sp³-hybridized carbons (Fsp3) is 0.360. The van der Waals surface area contributed by atoms with Crippen molar-refractivity contribution < 1.29 is 29.0 Å². The maximum absolute atomic E-state index is 13.3. The summed E-state index contributed by atoms with van der Waals surface area (Å²) in [6, 6.07) is 6.71. The van der Waals surface area contributed by atoms with Crippen molar-refractivity contribution >= 4 is 46.7 Å². The lowest BCUT2D eigenvalue weighted by atomic mass is 9.96. The minimum Gasteiger partial charge on any atom is -0.507 e. The van der Waals surface area contributed by atoms with Gasteiger partial charge in [-0.1, -0.05) is 29.3 Å². The molecule has 1 aromatic heterocycles. The van der Waals surface area contributed by atoms with Crippen LogP contribution in [0.15, 0.2) is 42.1 Å². The van der Waals surface area contributed by atoms with Gasteiger partial charge in [-0.15, -0.1) is 0 Å². The van der Waals surface area contributed by atoms with Gasteiger partial charge in [0.2, 0.25) is 0 Å². The number of piperidine rings is 1. The lowest BCUT2D eigenvalue weighted by Gasteiger charge is -2.38. The van der Waals surface area contributed by atoms with Crippen LogP contribution in [0, 0.1) is 0 Å². The highest BCUT2D eigenvalue weighted by Gasteiger charge is 2.50. The van der Waals surface area contributed by atoms with Crippen LogP contribution in [0.25, 0.3) is 5.76 Å². The molecule has 9 nitrogen and oxygen atoms in total. The van der Waals surface area contributed by atoms with Crippen LogP contribution in [-0.2, 0) is 14.3 Å². The van der Waals surface area contributed by atoms with Crippen molar-refractivity contribution in [1.82, 2.24) is 14.8 Å².